The summed E-state index contributed by atoms with van der Waals surface area (Å²) >= 11 is 0. The fourth-order valence-electron chi connectivity index (χ4n) is 2.60. The molecule has 1 amide bonds. The van der Waals surface area contributed by atoms with E-state index in [0.29, 0.717) is 6.42 Å². The van der Waals surface area contributed by atoms with Gasteiger partial charge in [0.15, 0.2) is 0 Å². The van der Waals surface area contributed by atoms with Gasteiger partial charge in [-0.05, 0) is 26.3 Å². The zero-order valence-electron chi connectivity index (χ0n) is 11.4. The predicted octanol–water partition coefficient (Wildman–Crippen LogP) is 1.75. The molecule has 1 heterocycles. The number of piperazine rings is 1. The van der Waals surface area contributed by atoms with Crippen molar-refractivity contribution in [3.63, 3.8) is 0 Å². The Labute approximate surface area is 109 Å². The number of amides is 1. The van der Waals surface area contributed by atoms with Gasteiger partial charge in [0.2, 0.25) is 5.91 Å². The van der Waals surface area contributed by atoms with Crippen molar-refractivity contribution < 1.29 is 4.79 Å². The highest BCUT2D eigenvalue weighted by Gasteiger charge is 2.28. The number of benzene rings is 1. The number of hydrogen-bond donors (Lipinski definition) is 1. The third kappa shape index (κ3) is 2.91. The van der Waals surface area contributed by atoms with E-state index in [2.05, 4.69) is 38.2 Å². The van der Waals surface area contributed by atoms with E-state index >= 15 is 0 Å². The van der Waals surface area contributed by atoms with Crippen molar-refractivity contribution in [2.75, 3.05) is 13.1 Å². The van der Waals surface area contributed by atoms with E-state index < -0.39 is 0 Å². The summed E-state index contributed by atoms with van der Waals surface area (Å²) in [6, 6.07) is 8.79. The SMILES string of the molecule is Cc1ccc(CC(=O)N2C(C)CNCC2C)cc1. The number of nitrogens with one attached hydrogen (secondary N) is 1. The van der Waals surface area contributed by atoms with Crippen LogP contribution in [0.15, 0.2) is 24.3 Å². The van der Waals surface area contributed by atoms with Crippen LogP contribution in [0.4, 0.5) is 0 Å². The molecule has 0 spiro atoms. The second-order valence-corrected chi connectivity index (χ2v) is 5.32. The first-order chi connectivity index (χ1) is 8.58. The smallest absolute Gasteiger partial charge is 0.227 e. The summed E-state index contributed by atoms with van der Waals surface area (Å²) in [5, 5.41) is 3.35. The molecule has 0 aromatic heterocycles. The maximum Gasteiger partial charge on any atom is 0.227 e. The quantitative estimate of drug-likeness (QED) is 0.862. The van der Waals surface area contributed by atoms with Gasteiger partial charge in [0.1, 0.15) is 0 Å². The molecule has 0 radical (unpaired) electrons. The van der Waals surface area contributed by atoms with Crippen LogP contribution in [0, 0.1) is 6.92 Å². The topological polar surface area (TPSA) is 32.3 Å². The van der Waals surface area contributed by atoms with Crippen molar-refractivity contribution in [3.05, 3.63) is 35.4 Å². The monoisotopic (exact) mass is 246 g/mol. The van der Waals surface area contributed by atoms with E-state index in [1.165, 1.54) is 5.56 Å². The number of rotatable bonds is 2. The van der Waals surface area contributed by atoms with Gasteiger partial charge < -0.3 is 10.2 Å². The van der Waals surface area contributed by atoms with Gasteiger partial charge >= 0.3 is 0 Å². The molecule has 1 aliphatic rings. The Morgan fingerprint density at radius 2 is 1.78 bits per heavy atom. The van der Waals surface area contributed by atoms with Crippen LogP contribution in [-0.2, 0) is 11.2 Å². The number of aryl methyl sites for hydroxylation is 1. The minimum Gasteiger partial charge on any atom is -0.334 e. The Hall–Kier alpha value is -1.35. The molecule has 0 saturated carbocycles. The molecular weight excluding hydrogens is 224 g/mol. The van der Waals surface area contributed by atoms with E-state index in [-0.39, 0.29) is 18.0 Å². The van der Waals surface area contributed by atoms with Crippen LogP contribution in [0.2, 0.25) is 0 Å². The lowest BCUT2D eigenvalue weighted by atomic mass is 10.1. The summed E-state index contributed by atoms with van der Waals surface area (Å²) in [5.41, 5.74) is 2.33. The van der Waals surface area contributed by atoms with Crippen LogP contribution in [0.3, 0.4) is 0 Å². The largest absolute Gasteiger partial charge is 0.334 e. The molecule has 1 N–H and O–H groups in total. The maximum absolute atomic E-state index is 12.4. The zero-order chi connectivity index (χ0) is 13.1. The highest BCUT2D eigenvalue weighted by Crippen LogP contribution is 2.13. The Balaban J connectivity index is 2.04. The Bertz CT molecular complexity index is 403. The van der Waals surface area contributed by atoms with Crippen molar-refractivity contribution >= 4 is 5.91 Å². The van der Waals surface area contributed by atoms with Gasteiger partial charge in [-0.25, -0.2) is 0 Å². The Morgan fingerprint density at radius 1 is 1.22 bits per heavy atom. The predicted molar refractivity (Wildman–Crippen MR) is 73.5 cm³/mol. The second-order valence-electron chi connectivity index (χ2n) is 5.32. The van der Waals surface area contributed by atoms with Crippen molar-refractivity contribution in [1.82, 2.24) is 10.2 Å². The molecule has 1 saturated heterocycles. The average molecular weight is 246 g/mol. The molecule has 1 aliphatic heterocycles. The zero-order valence-corrected chi connectivity index (χ0v) is 11.4. The minimum atomic E-state index is 0.236. The van der Waals surface area contributed by atoms with Crippen molar-refractivity contribution in [2.45, 2.75) is 39.3 Å². The molecule has 18 heavy (non-hydrogen) atoms. The molecule has 1 fully saturated rings. The fourth-order valence-corrected chi connectivity index (χ4v) is 2.60. The van der Waals surface area contributed by atoms with Crippen LogP contribution < -0.4 is 5.32 Å². The minimum absolute atomic E-state index is 0.236. The van der Waals surface area contributed by atoms with Gasteiger partial charge in [0, 0.05) is 25.2 Å². The van der Waals surface area contributed by atoms with Gasteiger partial charge in [0.05, 0.1) is 6.42 Å². The number of hydrogen-bond acceptors (Lipinski definition) is 2. The first kappa shape index (κ1) is 13.1. The third-order valence-corrected chi connectivity index (χ3v) is 3.59. The van der Waals surface area contributed by atoms with E-state index in [9.17, 15) is 4.79 Å². The van der Waals surface area contributed by atoms with Crippen LogP contribution >= 0.6 is 0 Å². The van der Waals surface area contributed by atoms with Gasteiger partial charge in [-0.2, -0.15) is 0 Å². The van der Waals surface area contributed by atoms with Gasteiger partial charge in [0.25, 0.3) is 0 Å². The van der Waals surface area contributed by atoms with Gasteiger partial charge in [-0.3, -0.25) is 4.79 Å². The molecule has 98 valence electrons. The van der Waals surface area contributed by atoms with Gasteiger partial charge in [-0.15, -0.1) is 0 Å². The van der Waals surface area contributed by atoms with E-state index in [1.807, 2.05) is 17.0 Å². The van der Waals surface area contributed by atoms with Crippen LogP contribution in [0.25, 0.3) is 0 Å². The molecule has 1 aromatic rings. The summed E-state index contributed by atoms with van der Waals surface area (Å²) in [6.45, 7) is 8.06. The molecule has 3 nitrogen and oxygen atoms in total. The lowest BCUT2D eigenvalue weighted by molar-refractivity contribution is -0.135. The van der Waals surface area contributed by atoms with Crippen LogP contribution in [0.1, 0.15) is 25.0 Å². The number of carbonyl (C=O) groups is 1. The summed E-state index contributed by atoms with van der Waals surface area (Å²) in [5.74, 6) is 0.236. The Kier molecular flexibility index (Phi) is 4.02. The first-order valence-corrected chi connectivity index (χ1v) is 6.65. The highest BCUT2D eigenvalue weighted by molar-refractivity contribution is 5.79. The van der Waals surface area contributed by atoms with Gasteiger partial charge in [-0.1, -0.05) is 29.8 Å². The van der Waals surface area contributed by atoms with Crippen LogP contribution in [-0.4, -0.2) is 36.0 Å². The van der Waals surface area contributed by atoms with Crippen LogP contribution in [0.5, 0.6) is 0 Å². The van der Waals surface area contributed by atoms with Crippen molar-refractivity contribution in [3.8, 4) is 0 Å². The van der Waals surface area contributed by atoms with Crippen molar-refractivity contribution in [1.29, 1.82) is 0 Å². The van der Waals surface area contributed by atoms with E-state index in [4.69, 9.17) is 0 Å². The summed E-state index contributed by atoms with van der Waals surface area (Å²) in [7, 11) is 0. The number of nitrogens with zero attached hydrogens (tertiary/aromatic N) is 1. The molecule has 2 atom stereocenters. The molecule has 3 heteroatoms. The second kappa shape index (κ2) is 5.53. The lowest BCUT2D eigenvalue weighted by Crippen LogP contribution is -2.57. The highest BCUT2D eigenvalue weighted by atomic mass is 16.2. The third-order valence-electron chi connectivity index (χ3n) is 3.59. The van der Waals surface area contributed by atoms with E-state index in [1.54, 1.807) is 0 Å². The fraction of sp³-hybridized carbons (Fsp3) is 0.533. The average Bonchev–Trinajstić information content (AvgIpc) is 2.32. The molecule has 0 bridgehead atoms. The summed E-state index contributed by atoms with van der Waals surface area (Å²) in [6.07, 6.45) is 0.509. The molecule has 2 unspecified atom stereocenters. The summed E-state index contributed by atoms with van der Waals surface area (Å²) < 4.78 is 0. The Morgan fingerprint density at radius 3 is 2.33 bits per heavy atom. The normalized spacial score (nSPS) is 24.1. The summed E-state index contributed by atoms with van der Waals surface area (Å²) in [4.78, 5) is 14.4. The number of carbonyl (C=O) groups excluding carboxylic acids is 1. The van der Waals surface area contributed by atoms with Crippen molar-refractivity contribution in [2.24, 2.45) is 0 Å². The molecule has 2 rings (SSSR count). The van der Waals surface area contributed by atoms with E-state index in [0.717, 1.165) is 18.7 Å². The molecular formula is C15H22N2O. The lowest BCUT2D eigenvalue weighted by Gasteiger charge is -2.39. The maximum atomic E-state index is 12.4. The standard InChI is InChI=1S/C15H22N2O/c1-11-4-6-14(7-5-11)8-15(18)17-12(2)9-16-10-13(17)3/h4-7,12-13,16H,8-10H2,1-3H3. The molecule has 0 aliphatic carbocycles. The first-order valence-electron chi connectivity index (χ1n) is 6.65. The molecule has 1 aromatic carbocycles.